The van der Waals surface area contributed by atoms with Crippen LogP contribution in [0.5, 0.6) is 11.5 Å². The van der Waals surface area contributed by atoms with Crippen molar-refractivity contribution in [2.24, 2.45) is 0 Å². The summed E-state index contributed by atoms with van der Waals surface area (Å²) in [4.78, 5) is 11.8. The first-order chi connectivity index (χ1) is 14.7. The van der Waals surface area contributed by atoms with Gasteiger partial charge in [-0.1, -0.05) is 23.7 Å². The van der Waals surface area contributed by atoms with E-state index in [4.69, 9.17) is 21.4 Å². The monoisotopic (exact) mass is 467 g/mol. The van der Waals surface area contributed by atoms with E-state index in [1.54, 1.807) is 48.5 Å². The number of hydrogen-bond donors (Lipinski definition) is 2. The quantitative estimate of drug-likeness (QED) is 0.367. The first kappa shape index (κ1) is 23.0. The van der Waals surface area contributed by atoms with Gasteiger partial charge in [-0.3, -0.25) is 9.52 Å². The number of carboxylic acid groups (broad SMARTS) is 1. The number of ether oxygens (including phenoxy) is 1. The maximum Gasteiger partial charge on any atom is 0.416 e. The van der Waals surface area contributed by atoms with Gasteiger partial charge in [0.15, 0.2) is 0 Å². The van der Waals surface area contributed by atoms with Gasteiger partial charge in [0.2, 0.25) is 0 Å². The summed E-state index contributed by atoms with van der Waals surface area (Å²) in [7, 11) is 0. The first-order valence-electron chi connectivity index (χ1n) is 9.05. The van der Waals surface area contributed by atoms with Crippen LogP contribution in [-0.4, -0.2) is 11.1 Å². The van der Waals surface area contributed by atoms with Gasteiger partial charge in [-0.05, 0) is 72.1 Å². The number of nitrogens with one attached hydrogen (secondary N) is 1. The van der Waals surface area contributed by atoms with Crippen LogP contribution >= 0.6 is 23.5 Å². The van der Waals surface area contributed by atoms with Crippen molar-refractivity contribution in [2.45, 2.75) is 24.0 Å². The number of benzene rings is 3. The van der Waals surface area contributed by atoms with Gasteiger partial charge in [-0.2, -0.15) is 13.2 Å². The van der Waals surface area contributed by atoms with Gasteiger partial charge < -0.3 is 9.84 Å². The Labute approximate surface area is 186 Å². The highest BCUT2D eigenvalue weighted by molar-refractivity contribution is 7.97. The van der Waals surface area contributed by atoms with Crippen LogP contribution in [0, 0.1) is 0 Å². The molecule has 162 valence electrons. The fourth-order valence-electron chi connectivity index (χ4n) is 2.71. The molecule has 0 saturated heterocycles. The van der Waals surface area contributed by atoms with Gasteiger partial charge in [-0.25, -0.2) is 0 Å². The molecule has 9 heteroatoms. The highest BCUT2D eigenvalue weighted by Crippen LogP contribution is 2.34. The number of rotatable bonds is 8. The van der Waals surface area contributed by atoms with Crippen molar-refractivity contribution in [3.05, 3.63) is 88.4 Å². The molecule has 3 rings (SSSR count). The Morgan fingerprint density at radius 2 is 1.81 bits per heavy atom. The largest absolute Gasteiger partial charge is 0.481 e. The number of carboxylic acids is 1. The molecule has 0 amide bonds. The van der Waals surface area contributed by atoms with E-state index in [0.29, 0.717) is 21.9 Å². The van der Waals surface area contributed by atoms with Crippen LogP contribution in [0.15, 0.2) is 71.6 Å². The molecule has 0 saturated carbocycles. The molecule has 3 aromatic carbocycles. The lowest BCUT2D eigenvalue weighted by atomic mass is 10.1. The molecule has 0 unspecified atom stereocenters. The number of halogens is 4. The van der Waals surface area contributed by atoms with Crippen molar-refractivity contribution < 1.29 is 27.8 Å². The van der Waals surface area contributed by atoms with Crippen molar-refractivity contribution in [3.63, 3.8) is 0 Å². The summed E-state index contributed by atoms with van der Waals surface area (Å²) in [6.45, 7) is 0.0986. The lowest BCUT2D eigenvalue weighted by Gasteiger charge is -2.15. The predicted octanol–water partition coefficient (Wildman–Crippen LogP) is 6.58. The second-order valence-corrected chi connectivity index (χ2v) is 7.92. The summed E-state index contributed by atoms with van der Waals surface area (Å²) in [6.07, 6.45) is -4.67. The molecule has 0 aromatic heterocycles. The van der Waals surface area contributed by atoms with Crippen LogP contribution in [0.4, 0.5) is 13.2 Å². The van der Waals surface area contributed by atoms with Gasteiger partial charge in [0, 0.05) is 22.0 Å². The summed E-state index contributed by atoms with van der Waals surface area (Å²) in [5.41, 5.74) is 0.0441. The zero-order valence-electron chi connectivity index (χ0n) is 15.9. The maximum atomic E-state index is 13.2. The molecule has 0 radical (unpaired) electrons. The summed E-state index contributed by atoms with van der Waals surface area (Å²) in [5, 5.41) is 9.53. The minimum absolute atomic E-state index is 0.0986. The van der Waals surface area contributed by atoms with E-state index in [-0.39, 0.29) is 18.7 Å². The molecule has 0 fully saturated rings. The lowest BCUT2D eigenvalue weighted by molar-refractivity contribution is -0.138. The summed E-state index contributed by atoms with van der Waals surface area (Å²) >= 11 is 7.10. The van der Waals surface area contributed by atoms with E-state index in [2.05, 4.69) is 4.72 Å². The molecule has 0 atom stereocenters. The van der Waals surface area contributed by atoms with Crippen molar-refractivity contribution in [1.82, 2.24) is 4.72 Å². The van der Waals surface area contributed by atoms with E-state index in [9.17, 15) is 18.0 Å². The van der Waals surface area contributed by atoms with E-state index < -0.39 is 17.7 Å². The minimum atomic E-state index is -4.49. The topological polar surface area (TPSA) is 58.6 Å². The molecule has 2 N–H and O–H groups in total. The Morgan fingerprint density at radius 1 is 1.06 bits per heavy atom. The number of aliphatic carboxylic acids is 1. The van der Waals surface area contributed by atoms with Gasteiger partial charge in [0.1, 0.15) is 11.5 Å². The smallest absolute Gasteiger partial charge is 0.416 e. The van der Waals surface area contributed by atoms with Crippen LogP contribution in [0.25, 0.3) is 0 Å². The highest BCUT2D eigenvalue weighted by atomic mass is 35.5. The molecule has 0 spiro atoms. The average molecular weight is 468 g/mol. The Hall–Kier alpha value is -2.68. The van der Waals surface area contributed by atoms with E-state index >= 15 is 0 Å². The standard InChI is InChI=1S/C22H17ClF3NO3S/c23-17-5-7-19(8-6-17)31-27-13-15-12-16(22(24,25)26)4-9-20(15)30-18-3-1-2-14(10-18)11-21(28)29/h1-10,12,27H,11,13H2,(H,28,29). The van der Waals surface area contributed by atoms with Gasteiger partial charge in [-0.15, -0.1) is 0 Å². The molecule has 0 aliphatic carbocycles. The molecule has 0 bridgehead atoms. The number of hydrogen-bond acceptors (Lipinski definition) is 4. The van der Waals surface area contributed by atoms with E-state index in [0.717, 1.165) is 17.0 Å². The number of alkyl halides is 3. The summed E-state index contributed by atoms with van der Waals surface area (Å²) < 4.78 is 48.4. The van der Waals surface area contributed by atoms with Crippen molar-refractivity contribution in [2.75, 3.05) is 0 Å². The average Bonchev–Trinajstić information content (AvgIpc) is 2.69. The van der Waals surface area contributed by atoms with Crippen LogP contribution in [0.2, 0.25) is 5.02 Å². The Kier molecular flexibility index (Phi) is 7.48. The van der Waals surface area contributed by atoms with Gasteiger partial charge in [0.25, 0.3) is 0 Å². The molecule has 3 aromatic rings. The first-order valence-corrected chi connectivity index (χ1v) is 10.2. The van der Waals surface area contributed by atoms with Gasteiger partial charge >= 0.3 is 12.1 Å². The molecule has 0 aliphatic heterocycles. The Balaban J connectivity index is 1.80. The zero-order chi connectivity index (χ0) is 22.4. The van der Waals surface area contributed by atoms with Crippen LogP contribution in [-0.2, 0) is 23.9 Å². The maximum absolute atomic E-state index is 13.2. The molecule has 31 heavy (non-hydrogen) atoms. The van der Waals surface area contributed by atoms with Crippen molar-refractivity contribution in [1.29, 1.82) is 0 Å². The van der Waals surface area contributed by atoms with Crippen LogP contribution < -0.4 is 9.46 Å². The third-order valence-electron chi connectivity index (χ3n) is 4.14. The zero-order valence-corrected chi connectivity index (χ0v) is 17.5. The van der Waals surface area contributed by atoms with Gasteiger partial charge in [0.05, 0.1) is 12.0 Å². The van der Waals surface area contributed by atoms with Crippen molar-refractivity contribution in [3.8, 4) is 11.5 Å². The van der Waals surface area contributed by atoms with Crippen molar-refractivity contribution >= 4 is 29.5 Å². The summed E-state index contributed by atoms with van der Waals surface area (Å²) in [6, 6.07) is 16.7. The predicted molar refractivity (Wildman–Crippen MR) is 113 cm³/mol. The third kappa shape index (κ3) is 6.92. The SMILES string of the molecule is O=C(O)Cc1cccc(Oc2ccc(C(F)(F)F)cc2CNSc2ccc(Cl)cc2)c1. The second-order valence-electron chi connectivity index (χ2n) is 6.52. The molecular formula is C22H17ClF3NO3S. The third-order valence-corrected chi connectivity index (χ3v) is 5.18. The normalized spacial score (nSPS) is 11.4. The second kappa shape index (κ2) is 10.1. The highest BCUT2D eigenvalue weighted by Gasteiger charge is 2.31. The van der Waals surface area contributed by atoms with E-state index in [1.165, 1.54) is 18.0 Å². The fourth-order valence-corrected chi connectivity index (χ4v) is 3.51. The Morgan fingerprint density at radius 3 is 2.48 bits per heavy atom. The van der Waals surface area contributed by atoms with Crippen LogP contribution in [0.1, 0.15) is 16.7 Å². The van der Waals surface area contributed by atoms with E-state index in [1.807, 2.05) is 0 Å². The summed E-state index contributed by atoms with van der Waals surface area (Å²) in [5.74, 6) is -0.411. The molecule has 0 heterocycles. The minimum Gasteiger partial charge on any atom is -0.481 e. The molecule has 4 nitrogen and oxygen atoms in total. The Bertz CT molecular complexity index is 1060. The number of carbonyl (C=O) groups is 1. The molecule has 0 aliphatic rings. The fraction of sp³-hybridized carbons (Fsp3) is 0.136. The van der Waals surface area contributed by atoms with Crippen LogP contribution in [0.3, 0.4) is 0 Å². The lowest BCUT2D eigenvalue weighted by Crippen LogP contribution is -2.09. The molecular weight excluding hydrogens is 451 g/mol.